The number of carbonyl (C=O) groups is 2. The van der Waals surface area contributed by atoms with E-state index in [1.165, 1.54) is 0 Å². The predicted octanol–water partition coefficient (Wildman–Crippen LogP) is 0.297. The van der Waals surface area contributed by atoms with Crippen LogP contribution in [-0.4, -0.2) is 47.2 Å². The molecule has 2 saturated heterocycles. The van der Waals surface area contributed by atoms with Crippen molar-refractivity contribution >= 4 is 41.8 Å². The fourth-order valence-corrected chi connectivity index (χ4v) is 2.15. The molecule has 6 nitrogen and oxygen atoms in total. The van der Waals surface area contributed by atoms with Crippen molar-refractivity contribution in [1.82, 2.24) is 15.5 Å². The minimum Gasteiger partial charge on any atom is -0.358 e. The van der Waals surface area contributed by atoms with Gasteiger partial charge < -0.3 is 10.2 Å². The summed E-state index contributed by atoms with van der Waals surface area (Å²) in [5.74, 6) is 0.0743. The first kappa shape index (κ1) is 14.1. The number of amides is 3. The van der Waals surface area contributed by atoms with Gasteiger partial charge in [-0.3, -0.25) is 15.5 Å². The molecule has 2 fully saturated rings. The second-order valence-corrected chi connectivity index (χ2v) is 4.44. The van der Waals surface area contributed by atoms with E-state index in [9.17, 15) is 9.59 Å². The van der Waals surface area contributed by atoms with Crippen molar-refractivity contribution in [1.29, 1.82) is 5.41 Å². The van der Waals surface area contributed by atoms with Crippen LogP contribution in [0.2, 0.25) is 0 Å². The van der Waals surface area contributed by atoms with E-state index in [-0.39, 0.29) is 12.4 Å². The van der Waals surface area contributed by atoms with Crippen molar-refractivity contribution < 1.29 is 9.59 Å². The Labute approximate surface area is 110 Å². The van der Waals surface area contributed by atoms with Crippen molar-refractivity contribution in [2.75, 3.05) is 13.1 Å². The number of halogens is 2. The van der Waals surface area contributed by atoms with Gasteiger partial charge in [-0.05, 0) is 6.42 Å². The molecular weight excluding hydrogens is 267 g/mol. The molecule has 96 valence electrons. The van der Waals surface area contributed by atoms with Gasteiger partial charge in [0.1, 0.15) is 5.38 Å². The van der Waals surface area contributed by atoms with Crippen LogP contribution < -0.4 is 10.6 Å². The van der Waals surface area contributed by atoms with Crippen LogP contribution in [-0.2, 0) is 4.79 Å². The smallest absolute Gasteiger partial charge is 0.321 e. The summed E-state index contributed by atoms with van der Waals surface area (Å²) in [6.45, 7) is 1.21. The fraction of sp³-hybridized carbons (Fsp3) is 0.667. The highest BCUT2D eigenvalue weighted by molar-refractivity contribution is 6.33. The van der Waals surface area contributed by atoms with E-state index in [4.69, 9.17) is 17.0 Å². The van der Waals surface area contributed by atoms with E-state index in [2.05, 4.69) is 10.6 Å². The standard InChI is InChI=1S/C9H13ClN4O2.ClH/c10-7-5(12-9(16)13-8(7)15)4-14-3-1-2-6(14)11;/h5,7,11H,1-4H2,(H2,12,13,15,16);1H. The monoisotopic (exact) mass is 280 g/mol. The number of hydrogen-bond donors (Lipinski definition) is 3. The van der Waals surface area contributed by atoms with Crippen LogP contribution in [0.4, 0.5) is 4.79 Å². The first-order valence-corrected chi connectivity index (χ1v) is 5.59. The van der Waals surface area contributed by atoms with Crippen molar-refractivity contribution in [3.8, 4) is 0 Å². The Kier molecular flexibility index (Phi) is 4.59. The number of nitrogens with zero attached hydrogens (tertiary/aromatic N) is 1. The average Bonchev–Trinajstić information content (AvgIpc) is 2.60. The molecule has 0 aromatic heterocycles. The maximum atomic E-state index is 11.3. The highest BCUT2D eigenvalue weighted by Gasteiger charge is 2.35. The molecule has 0 radical (unpaired) electrons. The van der Waals surface area contributed by atoms with Gasteiger partial charge >= 0.3 is 6.03 Å². The van der Waals surface area contributed by atoms with E-state index in [1.807, 2.05) is 4.90 Å². The van der Waals surface area contributed by atoms with Gasteiger partial charge in [-0.1, -0.05) is 0 Å². The van der Waals surface area contributed by atoms with Crippen LogP contribution in [0.15, 0.2) is 0 Å². The molecule has 2 unspecified atom stereocenters. The minimum absolute atomic E-state index is 0. The topological polar surface area (TPSA) is 85.3 Å². The summed E-state index contributed by atoms with van der Waals surface area (Å²) < 4.78 is 0. The zero-order valence-electron chi connectivity index (χ0n) is 9.03. The summed E-state index contributed by atoms with van der Waals surface area (Å²) in [5, 5.41) is 11.6. The molecule has 17 heavy (non-hydrogen) atoms. The van der Waals surface area contributed by atoms with Crippen LogP contribution >= 0.6 is 24.0 Å². The highest BCUT2D eigenvalue weighted by atomic mass is 35.5. The second-order valence-electron chi connectivity index (χ2n) is 3.97. The average molecular weight is 281 g/mol. The summed E-state index contributed by atoms with van der Waals surface area (Å²) in [6.07, 6.45) is 1.69. The molecule has 3 amide bonds. The lowest BCUT2D eigenvalue weighted by molar-refractivity contribution is -0.120. The molecule has 0 aromatic rings. The number of carbonyl (C=O) groups excluding carboxylic acids is 2. The van der Waals surface area contributed by atoms with Crippen LogP contribution in [0.5, 0.6) is 0 Å². The third kappa shape index (κ3) is 3.01. The van der Waals surface area contributed by atoms with Crippen molar-refractivity contribution in [3.63, 3.8) is 0 Å². The van der Waals surface area contributed by atoms with Crippen LogP contribution in [0.25, 0.3) is 0 Å². The summed E-state index contributed by atoms with van der Waals surface area (Å²) >= 11 is 5.90. The Morgan fingerprint density at radius 2 is 2.18 bits per heavy atom. The lowest BCUT2D eigenvalue weighted by Gasteiger charge is -2.31. The predicted molar refractivity (Wildman–Crippen MR) is 65.9 cm³/mol. The molecule has 0 bridgehead atoms. The lowest BCUT2D eigenvalue weighted by Crippen LogP contribution is -2.62. The number of amidine groups is 1. The molecule has 0 aliphatic carbocycles. The van der Waals surface area contributed by atoms with E-state index in [0.29, 0.717) is 12.4 Å². The van der Waals surface area contributed by atoms with Crippen LogP contribution in [0, 0.1) is 5.41 Å². The van der Waals surface area contributed by atoms with Crippen molar-refractivity contribution in [2.45, 2.75) is 24.3 Å². The third-order valence-corrected chi connectivity index (χ3v) is 3.30. The number of alkyl halides is 1. The van der Waals surface area contributed by atoms with E-state index >= 15 is 0 Å². The summed E-state index contributed by atoms with van der Waals surface area (Å²) in [6, 6.07) is -0.945. The molecule has 2 aliphatic heterocycles. The number of hydrogen-bond acceptors (Lipinski definition) is 3. The molecule has 2 rings (SSSR count). The lowest BCUT2D eigenvalue weighted by atomic mass is 10.1. The van der Waals surface area contributed by atoms with Gasteiger partial charge in [-0.25, -0.2) is 4.79 Å². The van der Waals surface area contributed by atoms with E-state index in [0.717, 1.165) is 19.4 Å². The van der Waals surface area contributed by atoms with Crippen molar-refractivity contribution in [2.24, 2.45) is 0 Å². The Bertz CT molecular complexity index is 350. The van der Waals surface area contributed by atoms with Gasteiger partial charge in [-0.15, -0.1) is 24.0 Å². The Hall–Kier alpha value is -1.01. The molecule has 0 saturated carbocycles. The molecule has 0 aromatic carbocycles. The number of rotatable bonds is 2. The minimum atomic E-state index is -0.772. The Morgan fingerprint density at radius 3 is 2.76 bits per heavy atom. The van der Waals surface area contributed by atoms with Gasteiger partial charge in [0, 0.05) is 19.5 Å². The molecule has 2 heterocycles. The zero-order valence-corrected chi connectivity index (χ0v) is 10.6. The number of urea groups is 1. The quantitative estimate of drug-likeness (QED) is 0.636. The summed E-state index contributed by atoms with van der Waals surface area (Å²) in [5.41, 5.74) is 0. The Balaban J connectivity index is 0.00000144. The van der Waals surface area contributed by atoms with Gasteiger partial charge in [0.2, 0.25) is 5.91 Å². The largest absolute Gasteiger partial charge is 0.358 e. The first-order chi connectivity index (χ1) is 7.58. The Morgan fingerprint density at radius 1 is 1.47 bits per heavy atom. The molecule has 8 heteroatoms. The number of imide groups is 1. The van der Waals surface area contributed by atoms with E-state index < -0.39 is 23.4 Å². The second kappa shape index (κ2) is 5.55. The maximum Gasteiger partial charge on any atom is 0.321 e. The normalized spacial score (nSPS) is 28.5. The van der Waals surface area contributed by atoms with Crippen molar-refractivity contribution in [3.05, 3.63) is 0 Å². The highest BCUT2D eigenvalue weighted by Crippen LogP contribution is 2.14. The van der Waals surface area contributed by atoms with Gasteiger partial charge in [-0.2, -0.15) is 0 Å². The SMILES string of the molecule is Cl.N=C1CCCN1CC1NC(=O)NC(=O)C1Cl. The molecule has 0 spiro atoms. The van der Waals surface area contributed by atoms with Gasteiger partial charge in [0.25, 0.3) is 0 Å². The maximum absolute atomic E-state index is 11.3. The third-order valence-electron chi connectivity index (χ3n) is 2.80. The van der Waals surface area contributed by atoms with Gasteiger partial charge in [0.05, 0.1) is 11.9 Å². The summed E-state index contributed by atoms with van der Waals surface area (Å²) in [7, 11) is 0. The molecule has 2 aliphatic rings. The number of nitrogens with one attached hydrogen (secondary N) is 3. The zero-order chi connectivity index (χ0) is 11.7. The first-order valence-electron chi connectivity index (χ1n) is 5.16. The molecule has 3 N–H and O–H groups in total. The molecular formula is C9H14Cl2N4O2. The van der Waals surface area contributed by atoms with Crippen LogP contribution in [0.1, 0.15) is 12.8 Å². The molecule has 2 atom stereocenters. The number of likely N-dealkylation sites (tertiary alicyclic amines) is 1. The van der Waals surface area contributed by atoms with Gasteiger partial charge in [0.15, 0.2) is 0 Å². The van der Waals surface area contributed by atoms with E-state index in [1.54, 1.807) is 0 Å². The summed E-state index contributed by atoms with van der Waals surface area (Å²) in [4.78, 5) is 24.3. The fourth-order valence-electron chi connectivity index (χ4n) is 1.95. The van der Waals surface area contributed by atoms with Crippen LogP contribution in [0.3, 0.4) is 0 Å².